The number of aromatic nitrogens is 5. The van der Waals surface area contributed by atoms with E-state index in [4.69, 9.17) is 10.5 Å². The Morgan fingerprint density at radius 3 is 2.76 bits per heavy atom. The highest BCUT2D eigenvalue weighted by molar-refractivity contribution is 6.76. The molecule has 172 valence electrons. The van der Waals surface area contributed by atoms with Crippen LogP contribution in [0.2, 0.25) is 25.7 Å². The lowest BCUT2D eigenvalue weighted by atomic mass is 10.0. The lowest BCUT2D eigenvalue weighted by molar-refractivity contribution is 0.0909. The molecule has 0 saturated carbocycles. The van der Waals surface area contributed by atoms with Crippen molar-refractivity contribution in [3.05, 3.63) is 36.4 Å². The van der Waals surface area contributed by atoms with E-state index in [9.17, 15) is 0 Å². The molecule has 0 spiro atoms. The van der Waals surface area contributed by atoms with Crippen LogP contribution in [0.4, 0.5) is 5.82 Å². The number of nitrogens with zero attached hydrogens (tertiary/aromatic N) is 6. The summed E-state index contributed by atoms with van der Waals surface area (Å²) in [5.74, 6) is 0.463. The minimum absolute atomic E-state index is 0.232. The van der Waals surface area contributed by atoms with Crippen LogP contribution in [0.3, 0.4) is 0 Å². The summed E-state index contributed by atoms with van der Waals surface area (Å²) < 4.78 is 10.6. The first kappa shape index (κ1) is 21.8. The molecule has 33 heavy (non-hydrogen) atoms. The molecule has 5 rings (SSSR count). The standard InChI is InChI=1S/C24H31N7OSi/c1-24(2)13-26-12-18-19(20-21(25)28-14-29-23(20)31(18)24)17-11-16-7-6-8-27-22(16)30(17)15-32-9-10-33(3,4)5/h6-8,11-12,14H,9-10,13,15H2,1-5H3,(H2,25,28,29). The molecule has 0 aliphatic carbocycles. The van der Waals surface area contributed by atoms with E-state index in [1.165, 1.54) is 6.33 Å². The predicted molar refractivity (Wildman–Crippen MR) is 137 cm³/mol. The minimum atomic E-state index is -1.18. The Balaban J connectivity index is 1.72. The number of hydrogen-bond acceptors (Lipinski definition) is 6. The van der Waals surface area contributed by atoms with Gasteiger partial charge in [-0.05, 0) is 38.1 Å². The second kappa shape index (κ2) is 7.77. The lowest BCUT2D eigenvalue weighted by Gasteiger charge is -2.30. The molecule has 1 aliphatic heterocycles. The topological polar surface area (TPSA) is 96.1 Å². The molecule has 0 amide bonds. The van der Waals surface area contributed by atoms with Crippen molar-refractivity contribution in [2.24, 2.45) is 4.99 Å². The maximum absolute atomic E-state index is 6.45. The van der Waals surface area contributed by atoms with Crippen molar-refractivity contribution >= 4 is 42.2 Å². The number of fused-ring (bicyclic) bond motifs is 4. The van der Waals surface area contributed by atoms with Crippen LogP contribution in [0.5, 0.6) is 0 Å². The van der Waals surface area contributed by atoms with Crippen LogP contribution in [0.15, 0.2) is 35.7 Å². The molecule has 8 nitrogen and oxygen atoms in total. The summed E-state index contributed by atoms with van der Waals surface area (Å²) >= 11 is 0. The molecule has 2 N–H and O–H groups in total. The zero-order valence-electron chi connectivity index (χ0n) is 20.0. The van der Waals surface area contributed by atoms with Crippen molar-refractivity contribution in [1.82, 2.24) is 24.1 Å². The van der Waals surface area contributed by atoms with E-state index in [0.717, 1.165) is 51.7 Å². The van der Waals surface area contributed by atoms with Gasteiger partial charge >= 0.3 is 0 Å². The van der Waals surface area contributed by atoms with Gasteiger partial charge < -0.3 is 19.6 Å². The van der Waals surface area contributed by atoms with Gasteiger partial charge in [0.2, 0.25) is 0 Å². The second-order valence-electron chi connectivity index (χ2n) is 10.6. The fourth-order valence-electron chi connectivity index (χ4n) is 4.53. The Morgan fingerprint density at radius 1 is 1.15 bits per heavy atom. The molecular weight excluding hydrogens is 430 g/mol. The number of pyridine rings is 1. The summed E-state index contributed by atoms with van der Waals surface area (Å²) in [5, 5.41) is 1.90. The number of nitrogen functional groups attached to an aromatic ring is 1. The first-order valence-corrected chi connectivity index (χ1v) is 15.1. The Morgan fingerprint density at radius 2 is 1.97 bits per heavy atom. The number of hydrogen-bond donors (Lipinski definition) is 1. The first-order chi connectivity index (χ1) is 15.7. The fourth-order valence-corrected chi connectivity index (χ4v) is 5.29. The van der Waals surface area contributed by atoms with Crippen molar-refractivity contribution in [2.75, 3.05) is 18.9 Å². The quantitative estimate of drug-likeness (QED) is 0.337. The normalized spacial score (nSPS) is 15.4. The maximum atomic E-state index is 6.45. The lowest BCUT2D eigenvalue weighted by Crippen LogP contribution is -2.34. The highest BCUT2D eigenvalue weighted by Crippen LogP contribution is 2.42. The van der Waals surface area contributed by atoms with Crippen LogP contribution < -0.4 is 5.73 Å². The molecule has 0 fully saturated rings. The third-order valence-corrected chi connectivity index (χ3v) is 7.95. The summed E-state index contributed by atoms with van der Waals surface area (Å²) in [6.07, 6.45) is 5.29. The van der Waals surface area contributed by atoms with Gasteiger partial charge in [0.25, 0.3) is 0 Å². The van der Waals surface area contributed by atoms with Crippen LogP contribution in [-0.2, 0) is 17.0 Å². The first-order valence-electron chi connectivity index (χ1n) is 11.3. The number of rotatable bonds is 6. The van der Waals surface area contributed by atoms with Crippen molar-refractivity contribution < 1.29 is 4.74 Å². The van der Waals surface area contributed by atoms with E-state index in [1.807, 2.05) is 18.5 Å². The predicted octanol–water partition coefficient (Wildman–Crippen LogP) is 4.51. The zero-order chi connectivity index (χ0) is 23.4. The van der Waals surface area contributed by atoms with Crippen LogP contribution in [0.25, 0.3) is 33.3 Å². The average molecular weight is 462 g/mol. The van der Waals surface area contributed by atoms with Crippen molar-refractivity contribution in [3.63, 3.8) is 0 Å². The smallest absolute Gasteiger partial charge is 0.147 e. The Bertz CT molecular complexity index is 1380. The summed E-state index contributed by atoms with van der Waals surface area (Å²) in [4.78, 5) is 18.3. The van der Waals surface area contributed by atoms with E-state index in [2.05, 4.69) is 74.7 Å². The van der Waals surface area contributed by atoms with Gasteiger partial charge in [0, 0.05) is 38.0 Å². The highest BCUT2D eigenvalue weighted by atomic mass is 28.3. The van der Waals surface area contributed by atoms with Gasteiger partial charge in [0.05, 0.1) is 28.9 Å². The number of aliphatic imine (C=N–C) groups is 1. The minimum Gasteiger partial charge on any atom is -0.383 e. The molecule has 0 atom stereocenters. The van der Waals surface area contributed by atoms with Crippen molar-refractivity contribution in [1.29, 1.82) is 0 Å². The summed E-state index contributed by atoms with van der Waals surface area (Å²) in [6, 6.07) is 7.30. The maximum Gasteiger partial charge on any atom is 0.147 e. The van der Waals surface area contributed by atoms with Gasteiger partial charge in [-0.1, -0.05) is 19.6 Å². The largest absolute Gasteiger partial charge is 0.383 e. The van der Waals surface area contributed by atoms with E-state index in [1.54, 1.807) is 0 Å². The van der Waals surface area contributed by atoms with Gasteiger partial charge in [-0.2, -0.15) is 0 Å². The monoisotopic (exact) mass is 461 g/mol. The third kappa shape index (κ3) is 3.75. The van der Waals surface area contributed by atoms with Gasteiger partial charge in [-0.25, -0.2) is 15.0 Å². The van der Waals surface area contributed by atoms with Gasteiger partial charge in [-0.3, -0.25) is 4.99 Å². The van der Waals surface area contributed by atoms with Crippen molar-refractivity contribution in [2.45, 2.75) is 51.8 Å². The Labute approximate surface area is 194 Å². The molecule has 0 unspecified atom stereocenters. The molecular formula is C24H31N7OSi. The summed E-state index contributed by atoms with van der Waals surface area (Å²) in [6.45, 7) is 13.2. The number of anilines is 1. The van der Waals surface area contributed by atoms with Crippen LogP contribution >= 0.6 is 0 Å². The number of ether oxygens (including phenoxy) is 1. The van der Waals surface area contributed by atoms with Crippen LogP contribution in [-0.4, -0.2) is 51.5 Å². The summed E-state index contributed by atoms with van der Waals surface area (Å²) in [7, 11) is -1.18. The van der Waals surface area contributed by atoms with Crippen molar-refractivity contribution in [3.8, 4) is 11.3 Å². The number of nitrogens with two attached hydrogens (primary N) is 1. The third-order valence-electron chi connectivity index (χ3n) is 6.24. The molecule has 5 heterocycles. The molecule has 0 aromatic carbocycles. The molecule has 0 saturated heterocycles. The van der Waals surface area contributed by atoms with E-state index in [0.29, 0.717) is 19.1 Å². The van der Waals surface area contributed by atoms with E-state index < -0.39 is 8.07 Å². The van der Waals surface area contributed by atoms with E-state index in [-0.39, 0.29) is 5.54 Å². The van der Waals surface area contributed by atoms with Gasteiger partial charge in [0.1, 0.15) is 30.2 Å². The Kier molecular flexibility index (Phi) is 5.13. The summed E-state index contributed by atoms with van der Waals surface area (Å²) in [5.41, 5.74) is 10.9. The fraction of sp³-hybridized carbons (Fsp3) is 0.417. The van der Waals surface area contributed by atoms with E-state index >= 15 is 0 Å². The van der Waals surface area contributed by atoms with Gasteiger partial charge in [-0.15, -0.1) is 0 Å². The van der Waals surface area contributed by atoms with Gasteiger partial charge in [0.15, 0.2) is 0 Å². The molecule has 0 bridgehead atoms. The van der Waals surface area contributed by atoms with Crippen LogP contribution in [0, 0.1) is 0 Å². The SMILES string of the molecule is CC1(C)CN=Cc2c(-c3cc4cccnc4n3COCC[Si](C)(C)C)c3c(N)ncnc3n21. The average Bonchev–Trinajstić information content (AvgIpc) is 3.27. The molecule has 1 aliphatic rings. The molecule has 4 aromatic rings. The second-order valence-corrected chi connectivity index (χ2v) is 16.2. The highest BCUT2D eigenvalue weighted by Gasteiger charge is 2.33. The zero-order valence-corrected chi connectivity index (χ0v) is 21.0. The molecule has 0 radical (unpaired) electrons. The van der Waals surface area contributed by atoms with Crippen LogP contribution in [0.1, 0.15) is 19.5 Å². The Hall–Kier alpha value is -3.04. The molecule has 4 aromatic heterocycles. The molecule has 9 heteroatoms.